The number of halogens is 3. The minimum atomic E-state index is -4.94. The molecular formula is C47H55F3N6O8S2. The summed E-state index contributed by atoms with van der Waals surface area (Å²) in [5.41, 5.74) is 1.91. The standard InChI is InChI=1S/C47H55F3N6O8S2/c1-26(2)36-25-65-42(53-36)35-22-39(33-14-15-38(62-6)28(4)40(33)52-35)63-32-21-37-41(57)54-46(44(59)55-66(60,61)45(5)16-17-45)23-29(46)12-10-8-7-9-11-13-34(43(58)56(37)24-32)51-30-18-27(3)19-31(20-30)64-47(48,49)50/h10,12,14-15,18-20,22,25-26,29,32,34,37,51H,7-9,11,13,16-17,21,23-24H2,1-6H3,(H,54,57)(H,55,59)/t29-,32-,34+,37+,46-/m1/s1. The van der Waals surface area contributed by atoms with Crippen molar-refractivity contribution in [3.05, 3.63) is 70.8 Å². The highest BCUT2D eigenvalue weighted by Crippen LogP contribution is 2.48. The van der Waals surface area contributed by atoms with E-state index in [4.69, 9.17) is 19.4 Å². The number of allylic oxidation sites excluding steroid dienone is 1. The molecule has 2 aliphatic heterocycles. The van der Waals surface area contributed by atoms with Crippen LogP contribution in [0.15, 0.2) is 53.9 Å². The van der Waals surface area contributed by atoms with Crippen molar-refractivity contribution in [1.29, 1.82) is 0 Å². The van der Waals surface area contributed by atoms with Gasteiger partial charge < -0.3 is 29.7 Å². The first-order valence-electron chi connectivity index (χ1n) is 22.3. The van der Waals surface area contributed by atoms with Gasteiger partial charge in [-0.25, -0.2) is 18.4 Å². The number of anilines is 1. The van der Waals surface area contributed by atoms with Gasteiger partial charge >= 0.3 is 6.36 Å². The molecule has 5 atom stereocenters. The lowest BCUT2D eigenvalue weighted by Crippen LogP contribution is -2.58. The topological polar surface area (TPSA) is 178 Å². The zero-order chi connectivity index (χ0) is 47.3. The van der Waals surface area contributed by atoms with Gasteiger partial charge in [0.05, 0.1) is 29.6 Å². The van der Waals surface area contributed by atoms with Crippen molar-refractivity contribution < 1.29 is 50.2 Å². The average molecular weight is 953 g/mol. The van der Waals surface area contributed by atoms with Crippen LogP contribution in [0.2, 0.25) is 0 Å². The Kier molecular flexibility index (Phi) is 12.8. The lowest BCUT2D eigenvalue weighted by Gasteiger charge is -2.30. The van der Waals surface area contributed by atoms with Gasteiger partial charge in [-0.05, 0) is 95.0 Å². The Morgan fingerprint density at radius 2 is 1.82 bits per heavy atom. The number of carbonyl (C=O) groups excluding carboxylic acids is 3. The number of hydrogen-bond donors (Lipinski definition) is 3. The number of benzene rings is 2. The number of rotatable bonds is 11. The van der Waals surface area contributed by atoms with E-state index in [-0.39, 0.29) is 37.4 Å². The SMILES string of the molecule is COc1ccc2c(O[C@@H]3C[C@H]4C(=O)N[C@]5(C(=O)NS(=O)(=O)C6(C)CC6)C[C@H]5C=CCCCCC[C@H](Nc5cc(C)cc(OC(F)(F)F)c5)C(=O)N4C3)cc(-c3nc(C(C)C)cs3)nc2c1C. The van der Waals surface area contributed by atoms with Crippen LogP contribution in [0.5, 0.6) is 17.2 Å². The van der Waals surface area contributed by atoms with Gasteiger partial charge in [-0.3, -0.25) is 19.1 Å². The number of amides is 3. The molecule has 14 nitrogen and oxygen atoms in total. The van der Waals surface area contributed by atoms with Gasteiger partial charge in [0.1, 0.15) is 51.7 Å². The summed E-state index contributed by atoms with van der Waals surface area (Å²) in [7, 11) is -2.49. The van der Waals surface area contributed by atoms with Gasteiger partial charge in [0, 0.05) is 46.5 Å². The first kappa shape index (κ1) is 47.1. The van der Waals surface area contributed by atoms with Crippen molar-refractivity contribution in [2.45, 2.75) is 133 Å². The molecule has 0 radical (unpaired) electrons. The fourth-order valence-corrected chi connectivity index (χ4v) is 11.1. The number of carbonyl (C=O) groups is 3. The minimum Gasteiger partial charge on any atom is -0.496 e. The summed E-state index contributed by atoms with van der Waals surface area (Å²) in [4.78, 5) is 55.2. The fraction of sp³-hybridized carbons (Fsp3) is 0.511. The van der Waals surface area contributed by atoms with E-state index in [9.17, 15) is 31.2 Å². The summed E-state index contributed by atoms with van der Waals surface area (Å²) < 4.78 is 84.6. The Morgan fingerprint density at radius 3 is 2.52 bits per heavy atom. The molecule has 19 heteroatoms. The molecule has 354 valence electrons. The molecule has 0 bridgehead atoms. The molecule has 8 rings (SSSR count). The molecule has 0 unspecified atom stereocenters. The highest BCUT2D eigenvalue weighted by molar-refractivity contribution is 7.91. The summed E-state index contributed by atoms with van der Waals surface area (Å²) in [5, 5.41) is 9.39. The lowest BCUT2D eigenvalue weighted by atomic mass is 10.0. The first-order valence-corrected chi connectivity index (χ1v) is 24.7. The van der Waals surface area contributed by atoms with Gasteiger partial charge in [-0.1, -0.05) is 38.8 Å². The molecule has 2 aromatic carbocycles. The molecule has 3 amide bonds. The van der Waals surface area contributed by atoms with Crippen LogP contribution in [-0.4, -0.2) is 89.5 Å². The lowest BCUT2D eigenvalue weighted by molar-refractivity contribution is -0.274. The Balaban J connectivity index is 1.16. The first-order chi connectivity index (χ1) is 31.2. The Morgan fingerprint density at radius 1 is 1.05 bits per heavy atom. The van der Waals surface area contributed by atoms with Crippen LogP contribution in [0.1, 0.15) is 101 Å². The maximum atomic E-state index is 15.1. The van der Waals surface area contributed by atoms with Crippen LogP contribution < -0.4 is 29.6 Å². The van der Waals surface area contributed by atoms with Gasteiger partial charge in [-0.15, -0.1) is 24.5 Å². The van der Waals surface area contributed by atoms with Crippen molar-refractivity contribution in [1.82, 2.24) is 24.9 Å². The van der Waals surface area contributed by atoms with Gasteiger partial charge in [-0.2, -0.15) is 0 Å². The second-order valence-corrected chi connectivity index (χ2v) is 21.6. The molecule has 2 aliphatic carbocycles. The number of fused-ring (bicyclic) bond motifs is 3. The van der Waals surface area contributed by atoms with E-state index in [1.54, 1.807) is 33.1 Å². The molecule has 1 saturated heterocycles. The Bertz CT molecular complexity index is 2690. The molecule has 2 aromatic heterocycles. The van der Waals surface area contributed by atoms with E-state index in [0.29, 0.717) is 70.8 Å². The van der Waals surface area contributed by atoms with Crippen molar-refractivity contribution in [2.24, 2.45) is 5.92 Å². The van der Waals surface area contributed by atoms with Crippen molar-refractivity contribution >= 4 is 55.7 Å². The van der Waals surface area contributed by atoms with Crippen molar-refractivity contribution in [2.75, 3.05) is 19.0 Å². The molecular weight excluding hydrogens is 898 g/mol. The predicted octanol–water partition coefficient (Wildman–Crippen LogP) is 8.23. The summed E-state index contributed by atoms with van der Waals surface area (Å²) >= 11 is 1.45. The number of thiazole rings is 1. The summed E-state index contributed by atoms with van der Waals surface area (Å²) in [6.07, 6.45) is 1.87. The third-order valence-electron chi connectivity index (χ3n) is 13.1. The number of nitrogens with one attached hydrogen (secondary N) is 3. The molecule has 3 fully saturated rings. The molecule has 4 aliphatic rings. The number of nitrogens with zero attached hydrogens (tertiary/aromatic N) is 3. The predicted molar refractivity (Wildman–Crippen MR) is 244 cm³/mol. The maximum absolute atomic E-state index is 15.1. The molecule has 4 heterocycles. The highest BCUT2D eigenvalue weighted by Gasteiger charge is 2.63. The Hall–Kier alpha value is -5.43. The van der Waals surface area contributed by atoms with Gasteiger partial charge in [0.15, 0.2) is 0 Å². The number of alkyl halides is 3. The third kappa shape index (κ3) is 9.82. The number of ether oxygens (including phenoxy) is 3. The van der Waals surface area contributed by atoms with Crippen molar-refractivity contribution in [3.8, 4) is 28.0 Å². The monoisotopic (exact) mass is 952 g/mol. The number of pyridine rings is 1. The number of sulfonamides is 1. The molecule has 4 aromatic rings. The van der Waals surface area contributed by atoms with E-state index in [1.807, 2.05) is 36.6 Å². The summed E-state index contributed by atoms with van der Waals surface area (Å²) in [5.74, 6) is -1.76. The highest BCUT2D eigenvalue weighted by atomic mass is 32.2. The van der Waals surface area contributed by atoms with Crippen molar-refractivity contribution in [3.63, 3.8) is 0 Å². The van der Waals surface area contributed by atoms with Gasteiger partial charge in [0.2, 0.25) is 21.8 Å². The smallest absolute Gasteiger partial charge is 0.496 e. The van der Waals surface area contributed by atoms with E-state index in [1.165, 1.54) is 28.4 Å². The molecule has 0 spiro atoms. The van der Waals surface area contributed by atoms with Crippen LogP contribution in [0.25, 0.3) is 21.6 Å². The van der Waals surface area contributed by atoms with E-state index < -0.39 is 74.2 Å². The van der Waals surface area contributed by atoms with Gasteiger partial charge in [0.25, 0.3) is 5.91 Å². The third-order valence-corrected chi connectivity index (χ3v) is 16.1. The summed E-state index contributed by atoms with van der Waals surface area (Å²) in [6, 6.07) is 7.26. The quantitative estimate of drug-likeness (QED) is 0.123. The maximum Gasteiger partial charge on any atom is 0.573 e. The number of hydrogen-bond acceptors (Lipinski definition) is 12. The zero-order valence-corrected chi connectivity index (χ0v) is 39.3. The van der Waals surface area contributed by atoms with Crippen LogP contribution >= 0.6 is 11.3 Å². The number of aryl methyl sites for hydroxylation is 2. The van der Waals surface area contributed by atoms with E-state index in [0.717, 1.165) is 17.7 Å². The second kappa shape index (κ2) is 18.0. The molecule has 3 N–H and O–H groups in total. The van der Waals surface area contributed by atoms with Crippen LogP contribution in [0.3, 0.4) is 0 Å². The molecule has 2 saturated carbocycles. The van der Waals surface area contributed by atoms with Crippen LogP contribution in [-0.2, 0) is 24.4 Å². The zero-order valence-electron chi connectivity index (χ0n) is 37.7. The minimum absolute atomic E-state index is 0.0179. The van der Waals surface area contributed by atoms with E-state index >= 15 is 4.79 Å². The fourth-order valence-electron chi connectivity index (χ4n) is 8.83. The number of aromatic nitrogens is 2. The van der Waals surface area contributed by atoms with Crippen LogP contribution in [0, 0.1) is 19.8 Å². The Labute approximate surface area is 386 Å². The summed E-state index contributed by atoms with van der Waals surface area (Å²) in [6.45, 7) is 9.09. The van der Waals surface area contributed by atoms with Crippen LogP contribution in [0.4, 0.5) is 18.9 Å². The molecule has 66 heavy (non-hydrogen) atoms. The second-order valence-electron chi connectivity index (χ2n) is 18.5. The normalized spacial score (nSPS) is 24.4. The average Bonchev–Trinajstić information content (AvgIpc) is 4.01. The van der Waals surface area contributed by atoms with E-state index in [2.05, 4.69) is 33.9 Å². The number of methoxy groups -OCH3 is 1. The largest absolute Gasteiger partial charge is 0.573 e.